The van der Waals surface area contributed by atoms with Gasteiger partial charge in [0.05, 0.1) is 11.8 Å². The van der Waals surface area contributed by atoms with Crippen LogP contribution in [-0.2, 0) is 6.54 Å². The third-order valence-corrected chi connectivity index (χ3v) is 3.76. The molecule has 0 aliphatic carbocycles. The van der Waals surface area contributed by atoms with Gasteiger partial charge in [-0.05, 0) is 19.4 Å². The lowest BCUT2D eigenvalue weighted by Crippen LogP contribution is -2.35. The summed E-state index contributed by atoms with van der Waals surface area (Å²) in [5.74, 6) is 0.0323. The van der Waals surface area contributed by atoms with Crippen LogP contribution in [0.15, 0.2) is 27.6 Å². The molecule has 0 atom stereocenters. The molecule has 1 amide bonds. The van der Waals surface area contributed by atoms with E-state index in [9.17, 15) is 4.79 Å². The van der Waals surface area contributed by atoms with Gasteiger partial charge in [-0.15, -0.1) is 0 Å². The van der Waals surface area contributed by atoms with Gasteiger partial charge in [-0.1, -0.05) is 10.3 Å². The van der Waals surface area contributed by atoms with Gasteiger partial charge in [0.1, 0.15) is 17.7 Å². The van der Waals surface area contributed by atoms with E-state index in [1.54, 1.807) is 6.07 Å². The van der Waals surface area contributed by atoms with Crippen molar-refractivity contribution in [3.05, 3.63) is 35.5 Å². The number of aromatic nitrogens is 2. The Bertz CT molecular complexity index is 593. The molecule has 112 valence electrons. The minimum atomic E-state index is 0.0323. The normalized spacial score (nSPS) is 16.9. The molecule has 2 aromatic heterocycles. The Morgan fingerprint density at radius 3 is 2.90 bits per heavy atom. The summed E-state index contributed by atoms with van der Waals surface area (Å²) < 4.78 is 9.70. The smallest absolute Gasteiger partial charge is 0.257 e. The van der Waals surface area contributed by atoms with E-state index < -0.39 is 0 Å². The van der Waals surface area contributed by atoms with Crippen LogP contribution in [0.3, 0.4) is 0 Å². The van der Waals surface area contributed by atoms with Crippen molar-refractivity contribution in [2.24, 2.45) is 0 Å². The van der Waals surface area contributed by atoms with Gasteiger partial charge in [-0.3, -0.25) is 9.69 Å². The van der Waals surface area contributed by atoms with Crippen molar-refractivity contribution >= 4 is 5.91 Å². The molecule has 0 radical (unpaired) electrons. The Kier molecular flexibility index (Phi) is 4.01. The molecule has 3 rings (SSSR count). The fraction of sp³-hybridized carbons (Fsp3) is 0.500. The van der Waals surface area contributed by atoms with E-state index in [4.69, 9.17) is 9.05 Å². The van der Waals surface area contributed by atoms with E-state index in [0.717, 1.165) is 37.4 Å². The van der Waals surface area contributed by atoms with E-state index in [2.05, 4.69) is 15.2 Å². The molecule has 1 aliphatic heterocycles. The van der Waals surface area contributed by atoms with Crippen LogP contribution < -0.4 is 0 Å². The highest BCUT2D eigenvalue weighted by molar-refractivity contribution is 5.93. The lowest BCUT2D eigenvalue weighted by Gasteiger charge is -2.21. The zero-order valence-corrected chi connectivity index (χ0v) is 12.0. The summed E-state index contributed by atoms with van der Waals surface area (Å²) in [6.07, 6.45) is 3.96. The van der Waals surface area contributed by atoms with Crippen molar-refractivity contribution in [3.63, 3.8) is 0 Å². The molecule has 0 aromatic carbocycles. The highest BCUT2D eigenvalue weighted by Gasteiger charge is 2.22. The Morgan fingerprint density at radius 2 is 2.19 bits per heavy atom. The molecule has 7 nitrogen and oxygen atoms in total. The maximum atomic E-state index is 12.3. The first-order chi connectivity index (χ1) is 10.2. The maximum Gasteiger partial charge on any atom is 0.257 e. The standard InChI is InChI=1S/C14H18N4O3/c1-11-13(16-21-15-11)9-17-4-2-5-18(7-6-17)14(19)12-3-8-20-10-12/h3,8,10H,2,4-7,9H2,1H3. The van der Waals surface area contributed by atoms with Gasteiger partial charge in [-0.25, -0.2) is 4.63 Å². The van der Waals surface area contributed by atoms with E-state index >= 15 is 0 Å². The van der Waals surface area contributed by atoms with Crippen molar-refractivity contribution in [3.8, 4) is 0 Å². The van der Waals surface area contributed by atoms with Crippen molar-refractivity contribution in [2.75, 3.05) is 26.2 Å². The van der Waals surface area contributed by atoms with Crippen LogP contribution in [0.2, 0.25) is 0 Å². The van der Waals surface area contributed by atoms with Crippen LogP contribution in [0.4, 0.5) is 0 Å². The summed E-state index contributed by atoms with van der Waals surface area (Å²) in [6.45, 7) is 5.81. The Balaban J connectivity index is 1.59. The van der Waals surface area contributed by atoms with Crippen molar-refractivity contribution in [1.29, 1.82) is 0 Å². The fourth-order valence-electron chi connectivity index (χ4n) is 2.51. The van der Waals surface area contributed by atoms with Crippen LogP contribution >= 0.6 is 0 Å². The number of hydrogen-bond donors (Lipinski definition) is 0. The quantitative estimate of drug-likeness (QED) is 0.848. The topological polar surface area (TPSA) is 75.6 Å². The second-order valence-corrected chi connectivity index (χ2v) is 5.23. The number of carbonyl (C=O) groups excluding carboxylic acids is 1. The lowest BCUT2D eigenvalue weighted by atomic mass is 10.3. The van der Waals surface area contributed by atoms with Gasteiger partial charge in [-0.2, -0.15) is 0 Å². The van der Waals surface area contributed by atoms with E-state index in [1.165, 1.54) is 12.5 Å². The molecule has 3 heterocycles. The largest absolute Gasteiger partial charge is 0.472 e. The third kappa shape index (κ3) is 3.13. The van der Waals surface area contributed by atoms with Crippen molar-refractivity contribution < 1.29 is 13.8 Å². The molecule has 0 spiro atoms. The number of rotatable bonds is 3. The average molecular weight is 290 g/mol. The summed E-state index contributed by atoms with van der Waals surface area (Å²) in [5.41, 5.74) is 2.30. The van der Waals surface area contributed by atoms with Crippen molar-refractivity contribution in [1.82, 2.24) is 20.1 Å². The van der Waals surface area contributed by atoms with Crippen LogP contribution in [-0.4, -0.2) is 52.2 Å². The zero-order chi connectivity index (χ0) is 14.7. The molecule has 1 saturated heterocycles. The van der Waals surface area contributed by atoms with E-state index in [-0.39, 0.29) is 5.91 Å². The molecule has 1 aliphatic rings. The number of aryl methyl sites for hydroxylation is 1. The molecule has 7 heteroatoms. The number of carbonyl (C=O) groups is 1. The molecule has 0 saturated carbocycles. The summed E-state index contributed by atoms with van der Waals surface area (Å²) in [6, 6.07) is 1.70. The summed E-state index contributed by atoms with van der Waals surface area (Å²) in [4.78, 5) is 16.4. The summed E-state index contributed by atoms with van der Waals surface area (Å²) in [5, 5.41) is 7.71. The maximum absolute atomic E-state index is 12.3. The fourth-order valence-corrected chi connectivity index (χ4v) is 2.51. The van der Waals surface area contributed by atoms with E-state index in [0.29, 0.717) is 18.7 Å². The number of amides is 1. The Labute approximate surface area is 122 Å². The van der Waals surface area contributed by atoms with Gasteiger partial charge < -0.3 is 9.32 Å². The summed E-state index contributed by atoms with van der Waals surface area (Å²) in [7, 11) is 0. The average Bonchev–Trinajstić information content (AvgIpc) is 3.08. The molecular formula is C14H18N4O3. The Morgan fingerprint density at radius 1 is 1.29 bits per heavy atom. The predicted octanol–water partition coefficient (Wildman–Crippen LogP) is 1.32. The van der Waals surface area contributed by atoms with Crippen molar-refractivity contribution in [2.45, 2.75) is 19.9 Å². The third-order valence-electron chi connectivity index (χ3n) is 3.76. The summed E-state index contributed by atoms with van der Waals surface area (Å²) >= 11 is 0. The van der Waals surface area contributed by atoms with Gasteiger partial charge in [0, 0.05) is 32.7 Å². The lowest BCUT2D eigenvalue weighted by molar-refractivity contribution is 0.0760. The predicted molar refractivity (Wildman–Crippen MR) is 73.5 cm³/mol. The minimum Gasteiger partial charge on any atom is -0.472 e. The van der Waals surface area contributed by atoms with Gasteiger partial charge in [0.15, 0.2) is 0 Å². The van der Waals surface area contributed by atoms with Crippen LogP contribution in [0.5, 0.6) is 0 Å². The van der Waals surface area contributed by atoms with Gasteiger partial charge >= 0.3 is 0 Å². The second-order valence-electron chi connectivity index (χ2n) is 5.23. The van der Waals surface area contributed by atoms with Crippen LogP contribution in [0.1, 0.15) is 28.2 Å². The first kappa shape index (κ1) is 13.8. The zero-order valence-electron chi connectivity index (χ0n) is 12.0. The molecule has 0 N–H and O–H groups in total. The first-order valence-electron chi connectivity index (χ1n) is 7.06. The highest BCUT2D eigenvalue weighted by atomic mass is 16.6. The Hall–Kier alpha value is -2.15. The van der Waals surface area contributed by atoms with E-state index in [1.807, 2.05) is 11.8 Å². The first-order valence-corrected chi connectivity index (χ1v) is 7.06. The molecule has 1 fully saturated rings. The van der Waals surface area contributed by atoms with Crippen LogP contribution in [0.25, 0.3) is 0 Å². The SMILES string of the molecule is Cc1nonc1CN1CCCN(C(=O)c2ccoc2)CC1. The minimum absolute atomic E-state index is 0.0323. The van der Waals surface area contributed by atoms with Crippen LogP contribution in [0, 0.1) is 6.92 Å². The molecule has 2 aromatic rings. The number of furan rings is 1. The molecule has 21 heavy (non-hydrogen) atoms. The van der Waals surface area contributed by atoms with Gasteiger partial charge in [0.2, 0.25) is 0 Å². The monoisotopic (exact) mass is 290 g/mol. The second kappa shape index (κ2) is 6.09. The molecule has 0 bridgehead atoms. The molecule has 0 unspecified atom stereocenters. The van der Waals surface area contributed by atoms with Gasteiger partial charge in [0.25, 0.3) is 5.91 Å². The number of hydrogen-bond acceptors (Lipinski definition) is 6. The highest BCUT2D eigenvalue weighted by Crippen LogP contribution is 2.12. The number of nitrogens with zero attached hydrogens (tertiary/aromatic N) is 4. The molecular weight excluding hydrogens is 272 g/mol.